The molecule has 0 saturated heterocycles. The summed E-state index contributed by atoms with van der Waals surface area (Å²) in [7, 11) is 1.41. The first kappa shape index (κ1) is 18.7. The van der Waals surface area contributed by atoms with Gasteiger partial charge in [0, 0.05) is 23.6 Å². The van der Waals surface area contributed by atoms with E-state index in [2.05, 4.69) is 10.3 Å². The molecule has 1 aromatic heterocycles. The summed E-state index contributed by atoms with van der Waals surface area (Å²) in [6.45, 7) is 1.47. The molecule has 0 aliphatic heterocycles. The molecule has 0 aliphatic rings. The van der Waals surface area contributed by atoms with Crippen molar-refractivity contribution in [3.05, 3.63) is 64.8 Å². The van der Waals surface area contributed by atoms with Crippen LogP contribution in [-0.2, 0) is 9.59 Å². The number of ketones is 1. The average molecular weight is 384 g/mol. The van der Waals surface area contributed by atoms with E-state index in [1.807, 2.05) is 12.1 Å². The van der Waals surface area contributed by atoms with Crippen molar-refractivity contribution in [3.63, 3.8) is 0 Å². The van der Waals surface area contributed by atoms with Gasteiger partial charge in [-0.25, -0.2) is 0 Å². The number of benzene rings is 2. The smallest absolute Gasteiger partial charge is 0.295 e. The Morgan fingerprint density at radius 2 is 1.74 bits per heavy atom. The van der Waals surface area contributed by atoms with Gasteiger partial charge in [0.25, 0.3) is 11.7 Å². The van der Waals surface area contributed by atoms with E-state index in [9.17, 15) is 14.4 Å². The minimum Gasteiger partial charge on any atom is -0.358 e. The quantitative estimate of drug-likeness (QED) is 0.523. The number of rotatable bonds is 5. The number of carbonyl (C=O) groups excluding carboxylic acids is 3. The van der Waals surface area contributed by atoms with E-state index in [0.29, 0.717) is 27.4 Å². The summed E-state index contributed by atoms with van der Waals surface area (Å²) in [6.07, 6.45) is 0. The highest BCUT2D eigenvalue weighted by Gasteiger charge is 2.26. The van der Waals surface area contributed by atoms with Crippen LogP contribution in [0.5, 0.6) is 0 Å². The van der Waals surface area contributed by atoms with Gasteiger partial charge in [0.15, 0.2) is 0 Å². The lowest BCUT2D eigenvalue weighted by Gasteiger charge is -2.16. The van der Waals surface area contributed by atoms with Gasteiger partial charge in [-0.15, -0.1) is 0 Å². The van der Waals surface area contributed by atoms with Crippen molar-refractivity contribution in [1.29, 1.82) is 0 Å². The van der Waals surface area contributed by atoms with Crippen molar-refractivity contribution in [2.75, 3.05) is 18.9 Å². The van der Waals surface area contributed by atoms with Crippen molar-refractivity contribution in [2.24, 2.45) is 0 Å². The summed E-state index contributed by atoms with van der Waals surface area (Å²) in [6, 6.07) is 14.1. The van der Waals surface area contributed by atoms with Crippen molar-refractivity contribution >= 4 is 45.8 Å². The highest BCUT2D eigenvalue weighted by Crippen LogP contribution is 2.23. The third-order valence-corrected chi connectivity index (χ3v) is 4.52. The molecule has 2 amide bonds. The van der Waals surface area contributed by atoms with E-state index < -0.39 is 17.6 Å². The number of anilines is 1. The van der Waals surface area contributed by atoms with Gasteiger partial charge in [-0.2, -0.15) is 0 Å². The van der Waals surface area contributed by atoms with Crippen LogP contribution in [0.4, 0.5) is 5.69 Å². The molecule has 0 atom stereocenters. The molecule has 138 valence electrons. The van der Waals surface area contributed by atoms with Crippen molar-refractivity contribution in [2.45, 2.75) is 6.92 Å². The number of fused-ring (bicyclic) bond motifs is 1. The average Bonchev–Trinajstić information content (AvgIpc) is 2.98. The van der Waals surface area contributed by atoms with Crippen LogP contribution in [0.1, 0.15) is 16.1 Å². The first-order chi connectivity index (χ1) is 12.9. The van der Waals surface area contributed by atoms with E-state index in [4.69, 9.17) is 11.6 Å². The number of hydrogen-bond acceptors (Lipinski definition) is 3. The van der Waals surface area contributed by atoms with Gasteiger partial charge in [0.05, 0.1) is 22.8 Å². The van der Waals surface area contributed by atoms with Crippen molar-refractivity contribution in [1.82, 2.24) is 9.88 Å². The zero-order chi connectivity index (χ0) is 19.6. The summed E-state index contributed by atoms with van der Waals surface area (Å²) in [5.74, 6) is -1.85. The molecule has 3 rings (SSSR count). The van der Waals surface area contributed by atoms with Crippen LogP contribution in [-0.4, -0.2) is 41.1 Å². The first-order valence-corrected chi connectivity index (χ1v) is 8.67. The molecule has 0 bridgehead atoms. The van der Waals surface area contributed by atoms with Crippen LogP contribution in [0.2, 0.25) is 5.02 Å². The van der Waals surface area contributed by atoms with E-state index in [0.717, 1.165) is 10.4 Å². The maximum Gasteiger partial charge on any atom is 0.295 e. The van der Waals surface area contributed by atoms with Crippen molar-refractivity contribution < 1.29 is 14.4 Å². The maximum atomic E-state index is 12.7. The number of aromatic nitrogens is 1. The second-order valence-corrected chi connectivity index (χ2v) is 6.60. The number of carbonyl (C=O) groups is 3. The number of likely N-dealkylation sites (N-methyl/N-ethyl adjacent to an activating group) is 1. The van der Waals surface area contributed by atoms with Gasteiger partial charge < -0.3 is 15.2 Å². The molecule has 0 saturated carbocycles. The normalized spacial score (nSPS) is 10.6. The molecule has 0 fully saturated rings. The minimum absolute atomic E-state index is 0.267. The molecular weight excluding hydrogens is 366 g/mol. The number of amides is 2. The molecule has 0 aliphatic carbocycles. The number of para-hydroxylation sites is 2. The molecular formula is C20H18ClN3O3. The number of Topliss-reactive ketones (excluding diaryl/α,β-unsaturated/α-hetero) is 1. The van der Waals surface area contributed by atoms with Crippen molar-refractivity contribution in [3.8, 4) is 0 Å². The van der Waals surface area contributed by atoms with Crippen LogP contribution < -0.4 is 5.32 Å². The van der Waals surface area contributed by atoms with Crippen LogP contribution in [0.15, 0.2) is 48.5 Å². The largest absolute Gasteiger partial charge is 0.358 e. The Kier molecular flexibility index (Phi) is 5.28. The standard InChI is InChI=1S/C20H18ClN3O3/c1-12-18(13-7-3-5-9-15(13)22-12)19(26)20(27)24(2)11-17(25)23-16-10-6-4-8-14(16)21/h3-10,22H,11H2,1-2H3,(H,23,25). The Bertz CT molecular complexity index is 1040. The fourth-order valence-electron chi connectivity index (χ4n) is 2.89. The molecule has 2 aromatic carbocycles. The van der Waals surface area contributed by atoms with Gasteiger partial charge in [0.2, 0.25) is 5.91 Å². The van der Waals surface area contributed by atoms with E-state index >= 15 is 0 Å². The highest BCUT2D eigenvalue weighted by atomic mass is 35.5. The SMILES string of the molecule is Cc1[nH]c2ccccc2c1C(=O)C(=O)N(C)CC(=O)Nc1ccccc1Cl. The monoisotopic (exact) mass is 383 g/mol. The van der Waals surface area contributed by atoms with Crippen LogP contribution in [0.25, 0.3) is 10.9 Å². The number of nitrogens with zero attached hydrogens (tertiary/aromatic N) is 1. The Morgan fingerprint density at radius 3 is 2.48 bits per heavy atom. The summed E-state index contributed by atoms with van der Waals surface area (Å²) < 4.78 is 0. The lowest BCUT2D eigenvalue weighted by atomic mass is 10.1. The molecule has 7 heteroatoms. The summed E-state index contributed by atoms with van der Waals surface area (Å²) >= 11 is 6.01. The minimum atomic E-state index is -0.753. The summed E-state index contributed by atoms with van der Waals surface area (Å²) in [5.41, 5.74) is 2.17. The molecule has 1 heterocycles. The molecule has 6 nitrogen and oxygen atoms in total. The third-order valence-electron chi connectivity index (χ3n) is 4.19. The zero-order valence-corrected chi connectivity index (χ0v) is 15.6. The number of H-pyrrole nitrogens is 1. The maximum absolute atomic E-state index is 12.7. The molecule has 0 radical (unpaired) electrons. The van der Waals surface area contributed by atoms with E-state index in [-0.39, 0.29) is 6.54 Å². The topological polar surface area (TPSA) is 82.3 Å². The Hall–Kier alpha value is -3.12. The number of aromatic amines is 1. The molecule has 27 heavy (non-hydrogen) atoms. The summed E-state index contributed by atoms with van der Waals surface area (Å²) in [4.78, 5) is 41.6. The Labute approximate surface area is 161 Å². The highest BCUT2D eigenvalue weighted by molar-refractivity contribution is 6.45. The predicted molar refractivity (Wildman–Crippen MR) is 105 cm³/mol. The van der Waals surface area contributed by atoms with Crippen LogP contribution in [0, 0.1) is 6.92 Å². The zero-order valence-electron chi connectivity index (χ0n) is 14.9. The lowest BCUT2D eigenvalue weighted by molar-refractivity contribution is -0.129. The molecule has 0 spiro atoms. The third kappa shape index (κ3) is 3.85. The number of nitrogens with one attached hydrogen (secondary N) is 2. The van der Waals surface area contributed by atoms with Gasteiger partial charge in [-0.3, -0.25) is 14.4 Å². The second kappa shape index (κ2) is 7.63. The van der Waals surface area contributed by atoms with Gasteiger partial charge >= 0.3 is 0 Å². The number of hydrogen-bond donors (Lipinski definition) is 2. The first-order valence-electron chi connectivity index (χ1n) is 8.30. The Balaban J connectivity index is 1.73. The number of halogens is 1. The fourth-order valence-corrected chi connectivity index (χ4v) is 3.07. The molecule has 3 aromatic rings. The summed E-state index contributed by atoms with van der Waals surface area (Å²) in [5, 5.41) is 3.70. The lowest BCUT2D eigenvalue weighted by Crippen LogP contribution is -2.39. The van der Waals surface area contributed by atoms with E-state index in [1.165, 1.54) is 7.05 Å². The predicted octanol–water partition coefficient (Wildman–Crippen LogP) is 3.41. The molecule has 0 unspecified atom stereocenters. The van der Waals surface area contributed by atoms with Gasteiger partial charge in [-0.05, 0) is 25.1 Å². The second-order valence-electron chi connectivity index (χ2n) is 6.19. The fraction of sp³-hybridized carbons (Fsp3) is 0.150. The Morgan fingerprint density at radius 1 is 1.07 bits per heavy atom. The molecule has 2 N–H and O–H groups in total. The van der Waals surface area contributed by atoms with E-state index in [1.54, 1.807) is 43.3 Å². The van der Waals surface area contributed by atoms with Gasteiger partial charge in [-0.1, -0.05) is 41.9 Å². The van der Waals surface area contributed by atoms with Crippen LogP contribution >= 0.6 is 11.6 Å². The van der Waals surface area contributed by atoms with Gasteiger partial charge in [0.1, 0.15) is 0 Å². The number of aryl methyl sites for hydroxylation is 1. The van der Waals surface area contributed by atoms with Crippen LogP contribution in [0.3, 0.4) is 0 Å².